The number of hydrogen-bond acceptors (Lipinski definition) is 3. The van der Waals surface area contributed by atoms with Gasteiger partial charge < -0.3 is 5.11 Å². The van der Waals surface area contributed by atoms with Gasteiger partial charge in [-0.25, -0.2) is 0 Å². The van der Waals surface area contributed by atoms with Crippen LogP contribution in [0.15, 0.2) is 28.9 Å². The summed E-state index contributed by atoms with van der Waals surface area (Å²) in [6.45, 7) is 0. The number of aromatic hydroxyl groups is 1. The normalized spacial score (nSPS) is 10.1. The van der Waals surface area contributed by atoms with Crippen molar-refractivity contribution in [2.24, 2.45) is 7.05 Å². The van der Waals surface area contributed by atoms with E-state index in [4.69, 9.17) is 5.26 Å². The number of aryl methyl sites for hydroxylation is 1. The van der Waals surface area contributed by atoms with Gasteiger partial charge in [0.05, 0.1) is 21.8 Å². The topological polar surface area (TPSA) is 61.8 Å². The van der Waals surface area contributed by atoms with E-state index in [1.54, 1.807) is 36.1 Å². The fourth-order valence-corrected chi connectivity index (χ4v) is 1.96. The summed E-state index contributed by atoms with van der Waals surface area (Å²) in [5, 5.41) is 22.8. The molecule has 5 heteroatoms. The molecule has 1 heterocycles. The number of halogens is 1. The molecule has 0 spiro atoms. The summed E-state index contributed by atoms with van der Waals surface area (Å²) in [7, 11) is 1.78. The summed E-state index contributed by atoms with van der Waals surface area (Å²) in [6, 6.07) is 7.04. The van der Waals surface area contributed by atoms with Gasteiger partial charge in [0.25, 0.3) is 0 Å². The van der Waals surface area contributed by atoms with E-state index in [-0.39, 0.29) is 5.75 Å². The molecule has 0 bridgehead atoms. The number of benzene rings is 1. The number of aromatic nitrogens is 2. The first-order valence-electron chi connectivity index (χ1n) is 4.54. The number of rotatable bonds is 1. The summed E-state index contributed by atoms with van der Waals surface area (Å²) < 4.78 is 2.14. The lowest BCUT2D eigenvalue weighted by Crippen LogP contribution is -1.94. The molecule has 0 saturated heterocycles. The van der Waals surface area contributed by atoms with E-state index in [0.717, 1.165) is 5.69 Å². The zero-order valence-corrected chi connectivity index (χ0v) is 10.1. The van der Waals surface area contributed by atoms with Crippen LogP contribution in [0.5, 0.6) is 5.75 Å². The van der Waals surface area contributed by atoms with Crippen LogP contribution in [0.2, 0.25) is 0 Å². The Hall–Kier alpha value is -1.80. The minimum atomic E-state index is 0.114. The van der Waals surface area contributed by atoms with E-state index < -0.39 is 0 Å². The Balaban J connectivity index is 2.70. The number of phenolic OH excluding ortho intramolecular Hbond substituents is 1. The van der Waals surface area contributed by atoms with E-state index >= 15 is 0 Å². The van der Waals surface area contributed by atoms with Gasteiger partial charge in [0.1, 0.15) is 5.75 Å². The second-order valence-electron chi connectivity index (χ2n) is 3.31. The monoisotopic (exact) mass is 277 g/mol. The van der Waals surface area contributed by atoms with Gasteiger partial charge in [-0.15, -0.1) is 0 Å². The molecule has 0 atom stereocenters. The summed E-state index contributed by atoms with van der Waals surface area (Å²) >= 11 is 3.22. The van der Waals surface area contributed by atoms with Crippen molar-refractivity contribution < 1.29 is 5.11 Å². The van der Waals surface area contributed by atoms with E-state index in [9.17, 15) is 5.11 Å². The van der Waals surface area contributed by atoms with Crippen molar-refractivity contribution in [1.29, 1.82) is 5.26 Å². The number of nitrogens with zero attached hydrogens (tertiary/aromatic N) is 3. The number of hydrogen-bond donors (Lipinski definition) is 1. The lowest BCUT2D eigenvalue weighted by molar-refractivity contribution is 0.473. The minimum Gasteiger partial charge on any atom is -0.506 e. The Kier molecular flexibility index (Phi) is 2.67. The van der Waals surface area contributed by atoms with Crippen molar-refractivity contribution in [3.63, 3.8) is 0 Å². The summed E-state index contributed by atoms with van der Waals surface area (Å²) in [4.78, 5) is 0. The first-order chi connectivity index (χ1) is 7.63. The molecule has 0 aliphatic rings. The van der Waals surface area contributed by atoms with Crippen LogP contribution >= 0.6 is 15.9 Å². The molecule has 4 nitrogen and oxygen atoms in total. The standard InChI is InChI=1S/C11H8BrN3O/c1-15-10(2-3-14-15)8-4-7(6-13)5-9(12)11(8)16/h2-5,16H,1H3. The third kappa shape index (κ3) is 1.68. The van der Waals surface area contributed by atoms with Gasteiger partial charge in [0.15, 0.2) is 0 Å². The molecular formula is C11H8BrN3O. The average Bonchev–Trinajstić information content (AvgIpc) is 2.68. The number of nitriles is 1. The van der Waals surface area contributed by atoms with Crippen LogP contribution in [0.4, 0.5) is 0 Å². The Labute approximate surface area is 101 Å². The lowest BCUT2D eigenvalue weighted by atomic mass is 10.1. The third-order valence-corrected chi connectivity index (χ3v) is 2.89. The Morgan fingerprint density at radius 3 is 2.81 bits per heavy atom. The first kappa shape index (κ1) is 10.7. The predicted octanol–water partition coefficient (Wildman–Crippen LogP) is 2.43. The third-order valence-electron chi connectivity index (χ3n) is 2.29. The van der Waals surface area contributed by atoms with Crippen LogP contribution in [-0.4, -0.2) is 14.9 Å². The zero-order chi connectivity index (χ0) is 11.7. The molecule has 16 heavy (non-hydrogen) atoms. The van der Waals surface area contributed by atoms with Crippen molar-refractivity contribution in [2.45, 2.75) is 0 Å². The smallest absolute Gasteiger partial charge is 0.139 e. The highest BCUT2D eigenvalue weighted by atomic mass is 79.9. The van der Waals surface area contributed by atoms with E-state index in [1.807, 2.05) is 6.07 Å². The van der Waals surface area contributed by atoms with Crippen LogP contribution in [0.25, 0.3) is 11.3 Å². The van der Waals surface area contributed by atoms with E-state index in [1.165, 1.54) is 0 Å². The van der Waals surface area contributed by atoms with Gasteiger partial charge >= 0.3 is 0 Å². The fourth-order valence-electron chi connectivity index (χ4n) is 1.50. The molecule has 1 aromatic heterocycles. The highest BCUT2D eigenvalue weighted by Gasteiger charge is 2.12. The molecule has 1 N–H and O–H groups in total. The zero-order valence-electron chi connectivity index (χ0n) is 8.48. The predicted molar refractivity (Wildman–Crippen MR) is 62.7 cm³/mol. The molecule has 2 rings (SSSR count). The van der Waals surface area contributed by atoms with Crippen LogP contribution < -0.4 is 0 Å². The number of phenols is 1. The molecule has 0 saturated carbocycles. The molecule has 80 valence electrons. The van der Waals surface area contributed by atoms with Gasteiger partial charge in [-0.3, -0.25) is 4.68 Å². The largest absolute Gasteiger partial charge is 0.506 e. The van der Waals surface area contributed by atoms with E-state index in [0.29, 0.717) is 15.6 Å². The molecule has 0 unspecified atom stereocenters. The molecule has 0 aliphatic carbocycles. The van der Waals surface area contributed by atoms with Crippen molar-refractivity contribution in [2.75, 3.05) is 0 Å². The van der Waals surface area contributed by atoms with Gasteiger partial charge in [-0.2, -0.15) is 10.4 Å². The fraction of sp³-hybridized carbons (Fsp3) is 0.0909. The van der Waals surface area contributed by atoms with Gasteiger partial charge in [0.2, 0.25) is 0 Å². The summed E-state index contributed by atoms with van der Waals surface area (Å²) in [6.07, 6.45) is 1.64. The highest BCUT2D eigenvalue weighted by molar-refractivity contribution is 9.10. The highest BCUT2D eigenvalue weighted by Crippen LogP contribution is 2.36. The Morgan fingerprint density at radius 2 is 2.25 bits per heavy atom. The minimum absolute atomic E-state index is 0.114. The molecule has 0 radical (unpaired) electrons. The molecule has 0 aliphatic heterocycles. The lowest BCUT2D eigenvalue weighted by Gasteiger charge is -2.07. The summed E-state index contributed by atoms with van der Waals surface area (Å²) in [5.41, 5.74) is 1.84. The van der Waals surface area contributed by atoms with Gasteiger partial charge in [-0.05, 0) is 34.1 Å². The average molecular weight is 278 g/mol. The quantitative estimate of drug-likeness (QED) is 0.871. The van der Waals surface area contributed by atoms with Crippen LogP contribution in [-0.2, 0) is 7.05 Å². The molecular weight excluding hydrogens is 270 g/mol. The van der Waals surface area contributed by atoms with Gasteiger partial charge in [0, 0.05) is 18.8 Å². The van der Waals surface area contributed by atoms with Crippen molar-refractivity contribution in [1.82, 2.24) is 9.78 Å². The van der Waals surface area contributed by atoms with Gasteiger partial charge in [-0.1, -0.05) is 0 Å². The molecule has 1 aromatic carbocycles. The van der Waals surface area contributed by atoms with Crippen molar-refractivity contribution >= 4 is 15.9 Å². The Bertz CT molecular complexity index is 583. The second-order valence-corrected chi connectivity index (χ2v) is 4.16. The maximum atomic E-state index is 9.92. The second kappa shape index (κ2) is 3.99. The van der Waals surface area contributed by atoms with Crippen LogP contribution in [0.3, 0.4) is 0 Å². The van der Waals surface area contributed by atoms with Crippen LogP contribution in [0.1, 0.15) is 5.56 Å². The summed E-state index contributed by atoms with van der Waals surface area (Å²) in [5.74, 6) is 0.114. The van der Waals surface area contributed by atoms with Crippen molar-refractivity contribution in [3.8, 4) is 23.1 Å². The molecule has 2 aromatic rings. The van der Waals surface area contributed by atoms with Crippen molar-refractivity contribution in [3.05, 3.63) is 34.4 Å². The molecule has 0 fully saturated rings. The molecule has 0 amide bonds. The maximum absolute atomic E-state index is 9.92. The Morgan fingerprint density at radius 1 is 1.50 bits per heavy atom. The first-order valence-corrected chi connectivity index (χ1v) is 5.33. The van der Waals surface area contributed by atoms with Crippen LogP contribution in [0, 0.1) is 11.3 Å². The SMILES string of the molecule is Cn1nccc1-c1cc(C#N)cc(Br)c1O. The van der Waals surface area contributed by atoms with E-state index in [2.05, 4.69) is 21.0 Å². The maximum Gasteiger partial charge on any atom is 0.139 e.